The normalized spacial score (nSPS) is 18.2. The summed E-state index contributed by atoms with van der Waals surface area (Å²) in [5.41, 5.74) is 13.7. The number of hydrogen-bond acceptors (Lipinski definition) is 12. The quantitative estimate of drug-likeness (QED) is 0.0603. The number of fused-ring (bicyclic) bond motifs is 5. The van der Waals surface area contributed by atoms with E-state index < -0.39 is 41.5 Å². The van der Waals surface area contributed by atoms with Crippen molar-refractivity contribution in [2.45, 2.75) is 161 Å². The molecule has 0 radical (unpaired) electrons. The Bertz CT molecular complexity index is 2020. The molecule has 0 saturated carbocycles. The van der Waals surface area contributed by atoms with Crippen LogP contribution in [0.4, 0.5) is 0 Å². The molecule has 2 aliphatic rings. The summed E-state index contributed by atoms with van der Waals surface area (Å²) in [6.07, 6.45) is 16.4. The monoisotopic (exact) mass is 913 g/mol. The molecule has 2 amide bonds. The highest BCUT2D eigenvalue weighted by molar-refractivity contribution is 6.43. The van der Waals surface area contributed by atoms with E-state index in [0.29, 0.717) is 60.2 Å². The van der Waals surface area contributed by atoms with Gasteiger partial charge in [-0.1, -0.05) is 104 Å². The highest BCUT2D eigenvalue weighted by atomic mass is 16.5. The summed E-state index contributed by atoms with van der Waals surface area (Å²) in [7, 11) is 1.56. The minimum absolute atomic E-state index is 0.0104. The molecule has 2 aromatic carbocycles. The number of amides is 2. The molecule has 6 N–H and O–H groups in total. The lowest BCUT2D eigenvalue weighted by molar-refractivity contribution is -0.144. The standard InChI is InChI=1S/C52H76N6O8/c1-5-6-7-8-9-10-11-12-13-14-15-19-40(59)33-39(18-16-17-25-53)52(65)58(4)49-38-21-23-48(66-28-26-54)42(34-38)41-31-37(20-22-45(41)60)32-44(56-51(64)36(3)30-47(49)62)46(61)29-35(2)50(63)43-24-27-55-57-43/h20-23,27,31,34-36,39,44,49,60H,5-19,24-26,28-30,32-33,53-54H2,1-4H3,(H,56,64)/t35-,36-,39-,44+,49+/m1/s1. The van der Waals surface area contributed by atoms with E-state index in [9.17, 15) is 33.9 Å². The van der Waals surface area contributed by atoms with E-state index in [4.69, 9.17) is 16.2 Å². The molecule has 2 aliphatic heterocycles. The number of nitrogens with two attached hydrogens (primary N) is 2. The Morgan fingerprint density at radius 2 is 1.56 bits per heavy atom. The number of aromatic hydroxyl groups is 1. The van der Waals surface area contributed by atoms with Crippen LogP contribution in [0.15, 0.2) is 46.6 Å². The molecule has 0 spiro atoms. The molecule has 0 saturated heterocycles. The molecular formula is C52H76N6O8. The molecule has 4 bridgehead atoms. The molecule has 66 heavy (non-hydrogen) atoms. The maximum Gasteiger partial charge on any atom is 0.226 e. The number of carbonyl (C=O) groups excluding carboxylic acids is 6. The van der Waals surface area contributed by atoms with E-state index in [2.05, 4.69) is 22.4 Å². The first kappa shape index (κ1) is 53.5. The second-order valence-corrected chi connectivity index (χ2v) is 18.4. The fourth-order valence-corrected chi connectivity index (χ4v) is 8.95. The number of rotatable bonds is 28. The second kappa shape index (κ2) is 28.2. The maximum atomic E-state index is 14.7. The number of carbonyl (C=O) groups is 6. The van der Waals surface area contributed by atoms with Gasteiger partial charge in [0.05, 0.1) is 6.04 Å². The van der Waals surface area contributed by atoms with Crippen molar-refractivity contribution >= 4 is 46.9 Å². The van der Waals surface area contributed by atoms with Crippen LogP contribution in [0.25, 0.3) is 11.1 Å². The number of ether oxygens (including phenoxy) is 1. The number of unbranched alkanes of at least 4 members (excludes halogenated alkanes) is 11. The van der Waals surface area contributed by atoms with Crippen molar-refractivity contribution in [2.75, 3.05) is 26.7 Å². The third-order valence-electron chi connectivity index (χ3n) is 12.9. The lowest BCUT2D eigenvalue weighted by Gasteiger charge is -2.32. The third-order valence-corrected chi connectivity index (χ3v) is 12.9. The Labute approximate surface area is 392 Å². The summed E-state index contributed by atoms with van der Waals surface area (Å²) < 4.78 is 6.06. The van der Waals surface area contributed by atoms with Gasteiger partial charge in [0.2, 0.25) is 11.8 Å². The zero-order chi connectivity index (χ0) is 48.0. The van der Waals surface area contributed by atoms with Gasteiger partial charge in [-0.3, -0.25) is 28.8 Å². The largest absolute Gasteiger partial charge is 0.507 e. The Hall–Kier alpha value is -5.08. The van der Waals surface area contributed by atoms with Gasteiger partial charge < -0.3 is 31.5 Å². The molecule has 2 aromatic rings. The van der Waals surface area contributed by atoms with Gasteiger partial charge in [0.15, 0.2) is 17.3 Å². The van der Waals surface area contributed by atoms with Crippen LogP contribution in [0, 0.1) is 17.8 Å². The minimum Gasteiger partial charge on any atom is -0.507 e. The van der Waals surface area contributed by atoms with Crippen LogP contribution >= 0.6 is 0 Å². The number of phenols is 1. The lowest BCUT2D eigenvalue weighted by Crippen LogP contribution is -2.46. The number of ketones is 4. The number of likely N-dealkylation sites (N-methyl/N-ethyl adjacent to an activating group) is 1. The smallest absolute Gasteiger partial charge is 0.226 e. The van der Waals surface area contributed by atoms with Gasteiger partial charge in [-0.05, 0) is 67.6 Å². The van der Waals surface area contributed by atoms with Gasteiger partial charge >= 0.3 is 0 Å². The Morgan fingerprint density at radius 1 is 0.864 bits per heavy atom. The predicted molar refractivity (Wildman–Crippen MR) is 259 cm³/mol. The molecule has 14 nitrogen and oxygen atoms in total. The molecule has 362 valence electrons. The summed E-state index contributed by atoms with van der Waals surface area (Å²) in [6.45, 7) is 6.26. The topological polar surface area (TPSA) is 224 Å². The Balaban J connectivity index is 1.62. The first-order chi connectivity index (χ1) is 31.8. The summed E-state index contributed by atoms with van der Waals surface area (Å²) >= 11 is 0. The number of hydrogen-bond donors (Lipinski definition) is 4. The van der Waals surface area contributed by atoms with Crippen LogP contribution in [-0.4, -0.2) is 89.7 Å². The molecule has 0 aliphatic carbocycles. The lowest BCUT2D eigenvalue weighted by atomic mass is 9.87. The van der Waals surface area contributed by atoms with E-state index in [0.717, 1.165) is 25.7 Å². The van der Waals surface area contributed by atoms with E-state index in [-0.39, 0.29) is 80.0 Å². The molecule has 2 heterocycles. The van der Waals surface area contributed by atoms with Crippen LogP contribution in [0.2, 0.25) is 0 Å². The number of Topliss-reactive ketones (excluding diaryl/α,β-unsaturated/α-hetero) is 4. The number of nitrogens with zero attached hydrogens (tertiary/aromatic N) is 3. The predicted octanol–water partition coefficient (Wildman–Crippen LogP) is 7.93. The van der Waals surface area contributed by atoms with Crippen molar-refractivity contribution in [3.05, 3.63) is 47.5 Å². The highest BCUT2D eigenvalue weighted by Crippen LogP contribution is 2.40. The molecule has 4 rings (SSSR count). The summed E-state index contributed by atoms with van der Waals surface area (Å²) in [5, 5.41) is 21.9. The fraction of sp³-hybridized carbons (Fsp3) is 0.615. The van der Waals surface area contributed by atoms with Crippen LogP contribution in [0.1, 0.15) is 160 Å². The Morgan fingerprint density at radius 3 is 2.21 bits per heavy atom. The van der Waals surface area contributed by atoms with Crippen molar-refractivity contribution in [1.29, 1.82) is 0 Å². The molecule has 0 unspecified atom stereocenters. The van der Waals surface area contributed by atoms with E-state index in [1.807, 2.05) is 0 Å². The summed E-state index contributed by atoms with van der Waals surface area (Å²) in [5.74, 6) is -4.09. The van der Waals surface area contributed by atoms with Gasteiger partial charge in [0, 0.05) is 80.8 Å². The van der Waals surface area contributed by atoms with Crippen LogP contribution in [0.3, 0.4) is 0 Å². The molecule has 0 aromatic heterocycles. The van der Waals surface area contributed by atoms with Gasteiger partial charge in [0.1, 0.15) is 35.6 Å². The Kier molecular flexibility index (Phi) is 22.9. The van der Waals surface area contributed by atoms with Crippen molar-refractivity contribution < 1.29 is 38.6 Å². The van der Waals surface area contributed by atoms with Gasteiger partial charge in [0.25, 0.3) is 0 Å². The van der Waals surface area contributed by atoms with Crippen LogP contribution in [0.5, 0.6) is 11.5 Å². The first-order valence-corrected chi connectivity index (χ1v) is 24.5. The summed E-state index contributed by atoms with van der Waals surface area (Å²) in [6, 6.07) is 7.66. The summed E-state index contributed by atoms with van der Waals surface area (Å²) in [4.78, 5) is 85.4. The minimum atomic E-state index is -1.19. The molecule has 0 fully saturated rings. The average Bonchev–Trinajstić information content (AvgIpc) is 3.85. The second-order valence-electron chi connectivity index (χ2n) is 18.4. The van der Waals surface area contributed by atoms with Gasteiger partial charge in [-0.2, -0.15) is 10.2 Å². The molecular weight excluding hydrogens is 837 g/mol. The van der Waals surface area contributed by atoms with Crippen LogP contribution < -0.4 is 21.5 Å². The van der Waals surface area contributed by atoms with E-state index in [1.165, 1.54) is 62.1 Å². The van der Waals surface area contributed by atoms with Crippen LogP contribution in [-0.2, 0) is 35.2 Å². The first-order valence-electron chi connectivity index (χ1n) is 24.5. The average molecular weight is 913 g/mol. The van der Waals surface area contributed by atoms with Gasteiger partial charge in [-0.15, -0.1) is 0 Å². The van der Waals surface area contributed by atoms with E-state index >= 15 is 0 Å². The van der Waals surface area contributed by atoms with Crippen molar-refractivity contribution in [1.82, 2.24) is 10.2 Å². The van der Waals surface area contributed by atoms with E-state index in [1.54, 1.807) is 51.2 Å². The molecule has 14 heteroatoms. The third kappa shape index (κ3) is 16.4. The van der Waals surface area contributed by atoms with Crippen molar-refractivity contribution in [3.8, 4) is 22.6 Å². The zero-order valence-corrected chi connectivity index (χ0v) is 40.0. The van der Waals surface area contributed by atoms with Gasteiger partial charge in [-0.25, -0.2) is 0 Å². The zero-order valence-electron chi connectivity index (χ0n) is 40.0. The number of benzene rings is 2. The molecule has 5 atom stereocenters. The number of phenolic OH excluding ortho intramolecular Hbond substituents is 1. The van der Waals surface area contributed by atoms with Crippen molar-refractivity contribution in [2.24, 2.45) is 39.4 Å². The van der Waals surface area contributed by atoms with Crippen molar-refractivity contribution in [3.63, 3.8) is 0 Å². The number of nitrogens with one attached hydrogen (secondary N) is 1. The fourth-order valence-electron chi connectivity index (χ4n) is 8.95. The highest BCUT2D eigenvalue weighted by Gasteiger charge is 2.36. The maximum absolute atomic E-state index is 14.7. The SMILES string of the molecule is CCCCCCCCCCCCCC(=O)C[C@@H](CCCCN)C(=O)N(C)[C@@H]1C(=O)C[C@@H](C)C(=O)N[C@H](C(=O)C[C@@H](C)C(=O)C2=NN=CC2)Cc2ccc(O)c(c2)-c2cc1ccc2OCCN.